The molecule has 0 aromatic heterocycles. The Bertz CT molecular complexity index is 1210. The van der Waals surface area contributed by atoms with E-state index in [1.807, 2.05) is 19.1 Å². The van der Waals surface area contributed by atoms with E-state index < -0.39 is 10.0 Å². The molecule has 202 valence electrons. The van der Waals surface area contributed by atoms with Gasteiger partial charge in [0.1, 0.15) is 0 Å². The zero-order chi connectivity index (χ0) is 27.0. The van der Waals surface area contributed by atoms with Crippen molar-refractivity contribution in [1.29, 1.82) is 0 Å². The Hall–Kier alpha value is -2.22. The van der Waals surface area contributed by atoms with Crippen LogP contribution in [0.3, 0.4) is 0 Å². The highest BCUT2D eigenvalue weighted by molar-refractivity contribution is 7.89. The van der Waals surface area contributed by atoms with Crippen LogP contribution < -0.4 is 0 Å². The number of carbonyl (C=O) groups is 1. The first-order valence-electron chi connectivity index (χ1n) is 13.7. The number of piperazine rings is 1. The highest BCUT2D eigenvalue weighted by Gasteiger charge is 2.44. The third-order valence-electron chi connectivity index (χ3n) is 8.61. The van der Waals surface area contributed by atoms with Gasteiger partial charge >= 0.3 is 0 Å². The third kappa shape index (κ3) is 5.10. The van der Waals surface area contributed by atoms with E-state index in [-0.39, 0.29) is 22.9 Å². The number of hydrogen-bond acceptors (Lipinski definition) is 4. The van der Waals surface area contributed by atoms with Gasteiger partial charge in [0.05, 0.1) is 16.5 Å². The Balaban J connectivity index is 1.45. The molecule has 0 bridgehead atoms. The predicted molar refractivity (Wildman–Crippen MR) is 149 cm³/mol. The fourth-order valence-electron chi connectivity index (χ4n) is 6.11. The van der Waals surface area contributed by atoms with Crippen LogP contribution in [0.1, 0.15) is 71.1 Å². The molecule has 0 saturated carbocycles. The van der Waals surface area contributed by atoms with Crippen molar-refractivity contribution in [2.75, 3.05) is 32.7 Å². The van der Waals surface area contributed by atoms with Crippen molar-refractivity contribution in [3.63, 3.8) is 0 Å². The number of carbonyl (C=O) groups excluding carboxylic acids is 1. The fourth-order valence-corrected chi connectivity index (χ4v) is 7.53. The van der Waals surface area contributed by atoms with Crippen LogP contribution in [0.4, 0.5) is 0 Å². The van der Waals surface area contributed by atoms with E-state index in [0.29, 0.717) is 31.1 Å². The van der Waals surface area contributed by atoms with E-state index >= 15 is 0 Å². The summed E-state index contributed by atoms with van der Waals surface area (Å²) in [5.41, 5.74) is 3.42. The van der Waals surface area contributed by atoms with E-state index in [1.165, 1.54) is 11.1 Å². The summed E-state index contributed by atoms with van der Waals surface area (Å²) in [5, 5.41) is 0. The van der Waals surface area contributed by atoms with Crippen LogP contribution in [-0.4, -0.2) is 67.2 Å². The molecule has 0 spiro atoms. The molecule has 1 saturated heterocycles. The Morgan fingerprint density at radius 1 is 0.919 bits per heavy atom. The molecule has 0 aliphatic carbocycles. The molecule has 2 aromatic carbocycles. The Kier molecular flexibility index (Phi) is 7.89. The van der Waals surface area contributed by atoms with E-state index in [9.17, 15) is 13.2 Å². The van der Waals surface area contributed by atoms with Crippen LogP contribution in [0.5, 0.6) is 0 Å². The zero-order valence-corrected chi connectivity index (χ0v) is 24.1. The summed E-state index contributed by atoms with van der Waals surface area (Å²) in [5.74, 6) is 0.146. The largest absolute Gasteiger partial charge is 0.331 e. The molecule has 1 amide bonds. The van der Waals surface area contributed by atoms with Crippen molar-refractivity contribution in [3.05, 3.63) is 65.2 Å². The molecule has 6 nitrogen and oxygen atoms in total. The lowest BCUT2D eigenvalue weighted by Gasteiger charge is -2.50. The SMILES string of the molecule is CCC1(CC)c2ccccc2CCN1C(=O)C(C)N1CCN(S(=O)(=O)c2ccc(C(C)(C)C)cc2)CC1. The average molecular weight is 526 g/mol. The lowest BCUT2D eigenvalue weighted by Crippen LogP contribution is -2.60. The van der Waals surface area contributed by atoms with Crippen LogP contribution >= 0.6 is 0 Å². The molecular weight excluding hydrogens is 482 g/mol. The molecule has 0 radical (unpaired) electrons. The van der Waals surface area contributed by atoms with Gasteiger partial charge in [-0.25, -0.2) is 8.42 Å². The van der Waals surface area contributed by atoms with Crippen molar-refractivity contribution < 1.29 is 13.2 Å². The second-order valence-electron chi connectivity index (χ2n) is 11.5. The van der Waals surface area contributed by atoms with Crippen molar-refractivity contribution in [2.45, 2.75) is 82.7 Å². The number of benzene rings is 2. The maximum Gasteiger partial charge on any atom is 0.243 e. The first-order chi connectivity index (χ1) is 17.5. The van der Waals surface area contributed by atoms with Crippen LogP contribution in [0, 0.1) is 0 Å². The van der Waals surface area contributed by atoms with Gasteiger partial charge in [-0.3, -0.25) is 9.69 Å². The highest BCUT2D eigenvalue weighted by Crippen LogP contribution is 2.41. The number of sulfonamides is 1. The van der Waals surface area contributed by atoms with Crippen LogP contribution in [0.15, 0.2) is 53.4 Å². The van der Waals surface area contributed by atoms with Gasteiger partial charge in [0.15, 0.2) is 0 Å². The molecule has 37 heavy (non-hydrogen) atoms. The summed E-state index contributed by atoms with van der Waals surface area (Å²) in [7, 11) is -3.56. The lowest BCUT2D eigenvalue weighted by atomic mass is 9.76. The van der Waals surface area contributed by atoms with Crippen molar-refractivity contribution in [2.24, 2.45) is 0 Å². The number of fused-ring (bicyclic) bond motifs is 1. The summed E-state index contributed by atoms with van der Waals surface area (Å²) in [6, 6.07) is 15.5. The topological polar surface area (TPSA) is 60.9 Å². The number of hydrogen-bond donors (Lipinski definition) is 0. The summed E-state index contributed by atoms with van der Waals surface area (Å²) in [6.45, 7) is 15.3. The van der Waals surface area contributed by atoms with Gasteiger partial charge in [-0.05, 0) is 60.4 Å². The second-order valence-corrected chi connectivity index (χ2v) is 13.5. The maximum absolute atomic E-state index is 13.9. The molecule has 7 heteroatoms. The van der Waals surface area contributed by atoms with Gasteiger partial charge < -0.3 is 4.90 Å². The van der Waals surface area contributed by atoms with Gasteiger partial charge in [-0.2, -0.15) is 4.31 Å². The normalized spacial score (nSPS) is 19.9. The fraction of sp³-hybridized carbons (Fsp3) is 0.567. The van der Waals surface area contributed by atoms with Gasteiger partial charge in [0, 0.05) is 32.7 Å². The summed E-state index contributed by atoms with van der Waals surface area (Å²) in [6.07, 6.45) is 2.62. The van der Waals surface area contributed by atoms with Crippen molar-refractivity contribution >= 4 is 15.9 Å². The third-order valence-corrected chi connectivity index (χ3v) is 10.5. The first kappa shape index (κ1) is 27.8. The maximum atomic E-state index is 13.9. The van der Waals surface area contributed by atoms with Gasteiger partial charge in [0.25, 0.3) is 0 Å². The number of nitrogens with zero attached hydrogens (tertiary/aromatic N) is 3. The molecule has 2 heterocycles. The molecule has 1 fully saturated rings. The van der Waals surface area contributed by atoms with E-state index in [4.69, 9.17) is 0 Å². The molecule has 4 rings (SSSR count). The molecule has 0 N–H and O–H groups in total. The molecule has 2 aliphatic rings. The minimum absolute atomic E-state index is 0.0276. The Morgan fingerprint density at radius 3 is 2.08 bits per heavy atom. The van der Waals surface area contributed by atoms with Gasteiger partial charge in [-0.15, -0.1) is 0 Å². The Labute approximate surface area is 223 Å². The Morgan fingerprint density at radius 2 is 1.51 bits per heavy atom. The standard InChI is InChI=1S/C30H43N3O3S/c1-7-30(8-2)27-12-10-9-11-24(27)17-18-33(30)28(34)23(3)31-19-21-32(22-20-31)37(35,36)26-15-13-25(14-16-26)29(4,5)6/h9-16,23H,7-8,17-22H2,1-6H3. The van der Waals surface area contributed by atoms with Crippen molar-refractivity contribution in [3.8, 4) is 0 Å². The predicted octanol–water partition coefficient (Wildman–Crippen LogP) is 4.78. The van der Waals surface area contributed by atoms with Gasteiger partial charge in [-0.1, -0.05) is 71.0 Å². The van der Waals surface area contributed by atoms with E-state index in [1.54, 1.807) is 16.4 Å². The first-order valence-corrected chi connectivity index (χ1v) is 15.1. The lowest BCUT2D eigenvalue weighted by molar-refractivity contribution is -0.145. The number of amides is 1. The van der Waals surface area contributed by atoms with E-state index in [2.05, 4.69) is 68.7 Å². The minimum Gasteiger partial charge on any atom is -0.331 e. The summed E-state index contributed by atoms with van der Waals surface area (Å²) in [4.78, 5) is 18.5. The van der Waals surface area contributed by atoms with Crippen LogP contribution in [0.2, 0.25) is 0 Å². The van der Waals surface area contributed by atoms with Crippen LogP contribution in [-0.2, 0) is 32.2 Å². The average Bonchev–Trinajstić information content (AvgIpc) is 2.91. The highest BCUT2D eigenvalue weighted by atomic mass is 32.2. The minimum atomic E-state index is -3.56. The monoisotopic (exact) mass is 525 g/mol. The molecular formula is C30H43N3O3S. The summed E-state index contributed by atoms with van der Waals surface area (Å²) >= 11 is 0. The second kappa shape index (κ2) is 10.5. The quantitative estimate of drug-likeness (QED) is 0.545. The number of rotatable bonds is 6. The van der Waals surface area contributed by atoms with Crippen LogP contribution in [0.25, 0.3) is 0 Å². The zero-order valence-electron chi connectivity index (χ0n) is 23.3. The summed E-state index contributed by atoms with van der Waals surface area (Å²) < 4.78 is 28.2. The van der Waals surface area contributed by atoms with Crippen molar-refractivity contribution in [1.82, 2.24) is 14.1 Å². The van der Waals surface area contributed by atoms with Gasteiger partial charge in [0.2, 0.25) is 15.9 Å². The molecule has 1 unspecified atom stereocenters. The molecule has 1 atom stereocenters. The molecule has 2 aromatic rings. The molecule has 2 aliphatic heterocycles. The van der Waals surface area contributed by atoms with E-state index in [0.717, 1.165) is 31.4 Å². The smallest absolute Gasteiger partial charge is 0.243 e.